The third-order valence-electron chi connectivity index (χ3n) is 5.59. The van der Waals surface area contributed by atoms with Gasteiger partial charge in [0.2, 0.25) is 17.4 Å². The number of nitrogens with two attached hydrogens (primary N) is 1. The van der Waals surface area contributed by atoms with Gasteiger partial charge in [0.15, 0.2) is 27.9 Å². The van der Waals surface area contributed by atoms with Crippen molar-refractivity contribution in [3.05, 3.63) is 46.0 Å². The van der Waals surface area contributed by atoms with Crippen molar-refractivity contribution in [1.82, 2.24) is 24.6 Å². The number of β-lactam (4-membered cyclic amide) rings is 1. The SMILES string of the molecule is CCO/N=C(\C(=O)N[C@@H]1C(=O)N2C(C(=O)O)C(Sc3nc(-c4cc[n+](C)cc4)cs3)=CS[C@H]12)c1nsc(N)n1. The van der Waals surface area contributed by atoms with Crippen molar-refractivity contribution >= 4 is 75.0 Å². The van der Waals surface area contributed by atoms with Crippen LogP contribution in [-0.2, 0) is 26.3 Å². The summed E-state index contributed by atoms with van der Waals surface area (Å²) >= 11 is 4.73. The molecule has 0 saturated carbocycles. The number of hydrogen-bond acceptors (Lipinski definition) is 13. The van der Waals surface area contributed by atoms with E-state index >= 15 is 0 Å². The highest BCUT2D eigenvalue weighted by molar-refractivity contribution is 8.07. The van der Waals surface area contributed by atoms with Gasteiger partial charge in [-0.15, -0.1) is 23.1 Å². The number of pyridine rings is 1. The first-order valence-corrected chi connectivity index (χ1v) is 14.8. The molecule has 3 atom stereocenters. The Morgan fingerprint density at radius 3 is 2.77 bits per heavy atom. The Kier molecular flexibility index (Phi) is 7.83. The normalized spacial score (nSPS) is 20.6. The molecule has 1 saturated heterocycles. The van der Waals surface area contributed by atoms with Gasteiger partial charge in [-0.1, -0.05) is 16.9 Å². The maximum absolute atomic E-state index is 13.1. The van der Waals surface area contributed by atoms with E-state index in [0.717, 1.165) is 22.8 Å². The molecule has 5 heterocycles. The summed E-state index contributed by atoms with van der Waals surface area (Å²) in [6.07, 6.45) is 3.84. The fraction of sp³-hybridized carbons (Fsp3) is 0.273. The van der Waals surface area contributed by atoms with Gasteiger partial charge >= 0.3 is 5.97 Å². The molecule has 2 aliphatic heterocycles. The fourth-order valence-electron chi connectivity index (χ4n) is 3.76. The summed E-state index contributed by atoms with van der Waals surface area (Å²) < 4.78 is 6.56. The van der Waals surface area contributed by atoms with Crippen molar-refractivity contribution in [2.45, 2.75) is 28.7 Å². The maximum atomic E-state index is 13.1. The number of nitrogens with zero attached hydrogens (tertiary/aromatic N) is 6. The van der Waals surface area contributed by atoms with E-state index in [1.165, 1.54) is 39.8 Å². The average Bonchev–Trinajstić information content (AvgIpc) is 3.56. The van der Waals surface area contributed by atoms with E-state index in [1.807, 2.05) is 41.5 Å². The number of carbonyl (C=O) groups excluding carboxylic acids is 2. The number of thioether (sulfide) groups is 2. The van der Waals surface area contributed by atoms with E-state index < -0.39 is 35.2 Å². The highest BCUT2D eigenvalue weighted by Gasteiger charge is 2.56. The number of carboxylic acids is 1. The van der Waals surface area contributed by atoms with Gasteiger partial charge < -0.3 is 25.9 Å². The van der Waals surface area contributed by atoms with E-state index in [-0.39, 0.29) is 23.3 Å². The Morgan fingerprint density at radius 1 is 1.33 bits per heavy atom. The highest BCUT2D eigenvalue weighted by Crippen LogP contribution is 2.46. The van der Waals surface area contributed by atoms with Gasteiger partial charge in [0.1, 0.15) is 25.1 Å². The Labute approximate surface area is 238 Å². The predicted molar refractivity (Wildman–Crippen MR) is 147 cm³/mol. The van der Waals surface area contributed by atoms with Crippen LogP contribution in [0.2, 0.25) is 0 Å². The Hall–Kier alpha value is -3.54. The summed E-state index contributed by atoms with van der Waals surface area (Å²) in [5, 5.41) is 19.5. The predicted octanol–water partition coefficient (Wildman–Crippen LogP) is 1.30. The summed E-state index contributed by atoms with van der Waals surface area (Å²) in [5.74, 6) is -2.47. The maximum Gasteiger partial charge on any atom is 0.331 e. The minimum atomic E-state index is -1.21. The Morgan fingerprint density at radius 2 is 2.10 bits per heavy atom. The van der Waals surface area contributed by atoms with Crippen LogP contribution in [0.25, 0.3) is 11.3 Å². The number of nitrogens with one attached hydrogen (secondary N) is 1. The first-order chi connectivity index (χ1) is 18.8. The standard InChI is InChI=1S/C22H20N8O5S4/c1-3-35-27-13(16-26-21(23)39-28-16)17(31)25-14-18(32)30-15(20(33)34)12(9-36-19(14)30)38-22-24-11(8-37-22)10-4-6-29(2)7-5-10/h4-9,14-15,19H,3H2,1-2H3,(H3-,23,25,26,28,31,33,34)/p+1/b27-13-/t14-,15?,19-/m1/s1. The van der Waals surface area contributed by atoms with Crippen molar-refractivity contribution in [3.8, 4) is 11.3 Å². The quantitative estimate of drug-likeness (QED) is 0.139. The number of oxime groups is 1. The minimum absolute atomic E-state index is 0.0300. The van der Waals surface area contributed by atoms with Gasteiger partial charge in [0.25, 0.3) is 5.91 Å². The lowest BCUT2D eigenvalue weighted by Gasteiger charge is -2.51. The number of carboxylic acid groups (broad SMARTS) is 1. The zero-order valence-corrected chi connectivity index (χ0v) is 23.6. The Balaban J connectivity index is 1.31. The first-order valence-electron chi connectivity index (χ1n) is 11.4. The van der Waals surface area contributed by atoms with Crippen LogP contribution in [0.5, 0.6) is 0 Å². The van der Waals surface area contributed by atoms with Gasteiger partial charge in [-0.2, -0.15) is 9.36 Å². The first kappa shape index (κ1) is 27.0. The third kappa shape index (κ3) is 5.47. The lowest BCUT2D eigenvalue weighted by atomic mass is 10.0. The number of rotatable bonds is 9. The average molecular weight is 606 g/mol. The topological polar surface area (TPSA) is 177 Å². The van der Waals surface area contributed by atoms with Crippen molar-refractivity contribution in [3.63, 3.8) is 0 Å². The highest BCUT2D eigenvalue weighted by atomic mass is 32.2. The van der Waals surface area contributed by atoms with Crippen molar-refractivity contribution in [2.75, 3.05) is 12.3 Å². The molecule has 0 aromatic carbocycles. The van der Waals surface area contributed by atoms with Crippen LogP contribution in [0.1, 0.15) is 12.7 Å². The number of anilines is 1. The van der Waals surface area contributed by atoms with Crippen LogP contribution in [0, 0.1) is 0 Å². The minimum Gasteiger partial charge on any atom is -0.479 e. The summed E-state index contributed by atoms with van der Waals surface area (Å²) in [7, 11) is 1.92. The number of thiazole rings is 1. The molecule has 5 rings (SSSR count). The van der Waals surface area contributed by atoms with Crippen LogP contribution >= 0.6 is 46.4 Å². The lowest BCUT2D eigenvalue weighted by molar-refractivity contribution is -0.671. The van der Waals surface area contributed by atoms with E-state index in [1.54, 1.807) is 12.3 Å². The molecular weight excluding hydrogens is 585 g/mol. The number of amides is 2. The van der Waals surface area contributed by atoms with Gasteiger partial charge in [-0.3, -0.25) is 9.59 Å². The number of aliphatic carboxylic acids is 1. The number of aryl methyl sites for hydroxylation is 1. The van der Waals surface area contributed by atoms with Crippen molar-refractivity contribution in [2.24, 2.45) is 12.2 Å². The number of carbonyl (C=O) groups is 3. The van der Waals surface area contributed by atoms with Crippen LogP contribution in [0.4, 0.5) is 5.13 Å². The molecule has 13 nitrogen and oxygen atoms in total. The smallest absolute Gasteiger partial charge is 0.331 e. The second-order valence-corrected chi connectivity index (χ2v) is 12.1. The molecule has 3 aromatic rings. The van der Waals surface area contributed by atoms with Crippen LogP contribution in [0.15, 0.2) is 49.7 Å². The van der Waals surface area contributed by atoms with Crippen molar-refractivity contribution in [1.29, 1.82) is 0 Å². The molecule has 0 radical (unpaired) electrons. The molecule has 2 amide bonds. The molecule has 0 spiro atoms. The van der Waals surface area contributed by atoms with Gasteiger partial charge in [0, 0.05) is 39.5 Å². The van der Waals surface area contributed by atoms with Gasteiger partial charge in [-0.25, -0.2) is 14.3 Å². The molecule has 0 bridgehead atoms. The summed E-state index contributed by atoms with van der Waals surface area (Å²) in [4.78, 5) is 53.7. The molecule has 3 aromatic heterocycles. The monoisotopic (exact) mass is 605 g/mol. The summed E-state index contributed by atoms with van der Waals surface area (Å²) in [6, 6.07) is 1.71. The molecule has 17 heteroatoms. The van der Waals surface area contributed by atoms with Gasteiger partial charge in [-0.05, 0) is 12.3 Å². The summed E-state index contributed by atoms with van der Waals surface area (Å²) in [6.45, 7) is 1.89. The molecule has 0 aliphatic carbocycles. The second kappa shape index (κ2) is 11.3. The van der Waals surface area contributed by atoms with Crippen LogP contribution in [0.3, 0.4) is 0 Å². The summed E-state index contributed by atoms with van der Waals surface area (Å²) in [5.41, 5.74) is 7.11. The Bertz CT molecular complexity index is 1490. The molecule has 202 valence electrons. The zero-order chi connectivity index (χ0) is 27.7. The van der Waals surface area contributed by atoms with Crippen molar-refractivity contribution < 1.29 is 28.9 Å². The molecule has 4 N–H and O–H groups in total. The second-order valence-electron chi connectivity index (χ2n) is 8.15. The van der Waals surface area contributed by atoms with E-state index in [2.05, 4.69) is 24.8 Å². The number of nitrogen functional groups attached to an aromatic ring is 1. The van der Waals surface area contributed by atoms with E-state index in [4.69, 9.17) is 10.6 Å². The molecular formula is C22H21N8O5S4+. The van der Waals surface area contributed by atoms with Gasteiger partial charge in [0.05, 0.1) is 5.69 Å². The lowest BCUT2D eigenvalue weighted by Crippen LogP contribution is -2.74. The third-order valence-corrected chi connectivity index (χ3v) is 9.46. The number of fused-ring (bicyclic) bond motifs is 1. The number of aromatic nitrogens is 4. The fourth-order valence-corrected chi connectivity index (χ4v) is 7.50. The van der Waals surface area contributed by atoms with E-state index in [0.29, 0.717) is 9.24 Å². The molecule has 1 fully saturated rings. The zero-order valence-electron chi connectivity index (χ0n) is 20.4. The number of hydrogen-bond donors (Lipinski definition) is 3. The molecule has 2 aliphatic rings. The molecule has 39 heavy (non-hydrogen) atoms. The molecule has 1 unspecified atom stereocenters. The van der Waals surface area contributed by atoms with Crippen LogP contribution < -0.4 is 15.6 Å². The van der Waals surface area contributed by atoms with E-state index in [9.17, 15) is 19.5 Å². The largest absolute Gasteiger partial charge is 0.479 e. The van der Waals surface area contributed by atoms with Crippen LogP contribution in [-0.4, -0.2) is 71.9 Å².